The third-order valence-corrected chi connectivity index (χ3v) is 5.60. The largest absolute Gasteiger partial charge is 0.381 e. The molecule has 0 bridgehead atoms. The molecule has 150 valence electrons. The molecular weight excluding hydrogens is 357 g/mol. The van der Waals surface area contributed by atoms with Crippen molar-refractivity contribution in [3.63, 3.8) is 0 Å². The molecule has 6 heteroatoms. The highest BCUT2D eigenvalue weighted by molar-refractivity contribution is 5.99. The van der Waals surface area contributed by atoms with Gasteiger partial charge < -0.3 is 15.3 Å². The van der Waals surface area contributed by atoms with E-state index in [4.69, 9.17) is 0 Å². The van der Waals surface area contributed by atoms with Crippen molar-refractivity contribution >= 4 is 12.6 Å². The molecule has 1 saturated carbocycles. The predicted octanol–water partition coefficient (Wildman–Crippen LogP) is 3.27. The maximum Gasteiger partial charge on any atom is 0.254 e. The first-order valence-electron chi connectivity index (χ1n) is 9.50. The average Bonchev–Trinajstić information content (AvgIpc) is 3.34. The number of benzene rings is 1. The summed E-state index contributed by atoms with van der Waals surface area (Å²) in [7, 11) is 0. The van der Waals surface area contributed by atoms with Crippen molar-refractivity contribution in [2.75, 3.05) is 13.1 Å². The van der Waals surface area contributed by atoms with Crippen molar-refractivity contribution in [3.05, 3.63) is 58.2 Å². The lowest BCUT2D eigenvalue weighted by molar-refractivity contribution is -0.153. The Morgan fingerprint density at radius 3 is 2.25 bits per heavy atom. The number of halogens is 1. The molecule has 0 unspecified atom stereocenters. The van der Waals surface area contributed by atoms with E-state index in [0.717, 1.165) is 24.0 Å². The van der Waals surface area contributed by atoms with Crippen molar-refractivity contribution in [2.24, 2.45) is 4.99 Å². The van der Waals surface area contributed by atoms with Crippen LogP contribution in [0, 0.1) is 5.82 Å². The molecule has 1 saturated heterocycles. The van der Waals surface area contributed by atoms with Gasteiger partial charge in [-0.2, -0.15) is 0 Å². The molecule has 2 aliphatic rings. The Morgan fingerprint density at radius 2 is 1.79 bits per heavy atom. The molecule has 1 aliphatic heterocycles. The molecule has 1 aliphatic carbocycles. The summed E-state index contributed by atoms with van der Waals surface area (Å²) >= 11 is 0. The van der Waals surface area contributed by atoms with E-state index in [2.05, 4.69) is 24.0 Å². The molecule has 28 heavy (non-hydrogen) atoms. The van der Waals surface area contributed by atoms with Crippen molar-refractivity contribution in [3.8, 4) is 0 Å². The number of amides is 1. The summed E-state index contributed by atoms with van der Waals surface area (Å²) in [5.74, 6) is 0.126. The molecule has 3 rings (SSSR count). The number of allylic oxidation sites excluding steroid dienone is 1. The van der Waals surface area contributed by atoms with E-state index in [1.165, 1.54) is 12.1 Å². The number of β-amino-alcohol motifs (C(OH)–C–C–N with tert-alkyl or cyclic N) is 1. The molecule has 2 N–H and O–H groups in total. The van der Waals surface area contributed by atoms with Crippen molar-refractivity contribution in [2.45, 2.75) is 51.7 Å². The van der Waals surface area contributed by atoms with Crippen LogP contribution in [-0.2, 0) is 10.4 Å². The van der Waals surface area contributed by atoms with Gasteiger partial charge in [0.15, 0.2) is 0 Å². The molecule has 0 spiro atoms. The van der Waals surface area contributed by atoms with Crippen LogP contribution in [0.1, 0.15) is 46.1 Å². The van der Waals surface area contributed by atoms with Gasteiger partial charge >= 0.3 is 0 Å². The zero-order valence-corrected chi connectivity index (χ0v) is 17.0. The summed E-state index contributed by atoms with van der Waals surface area (Å²) in [6.07, 6.45) is 2.13. The summed E-state index contributed by atoms with van der Waals surface area (Å²) in [4.78, 5) is 18.9. The summed E-state index contributed by atoms with van der Waals surface area (Å²) in [5.41, 5.74) is 1.70. The zero-order valence-electron chi connectivity index (χ0n) is 17.0. The summed E-state index contributed by atoms with van der Waals surface area (Å²) in [6, 6.07) is 5.75. The third-order valence-electron chi connectivity index (χ3n) is 5.60. The smallest absolute Gasteiger partial charge is 0.254 e. The van der Waals surface area contributed by atoms with E-state index in [1.807, 2.05) is 20.8 Å². The van der Waals surface area contributed by atoms with Gasteiger partial charge in [0.25, 0.3) is 5.91 Å². The maximum absolute atomic E-state index is 13.2. The van der Waals surface area contributed by atoms with E-state index in [-0.39, 0.29) is 30.4 Å². The van der Waals surface area contributed by atoms with Crippen LogP contribution in [0.5, 0.6) is 0 Å². The van der Waals surface area contributed by atoms with Gasteiger partial charge in [-0.1, -0.05) is 17.7 Å². The highest BCUT2D eigenvalue weighted by Crippen LogP contribution is 2.37. The monoisotopic (exact) mass is 385 g/mol. The van der Waals surface area contributed by atoms with E-state index in [1.54, 1.807) is 17.0 Å². The van der Waals surface area contributed by atoms with Crippen LogP contribution >= 0.6 is 0 Å². The van der Waals surface area contributed by atoms with Crippen LogP contribution in [0.4, 0.5) is 4.39 Å². The van der Waals surface area contributed by atoms with Gasteiger partial charge in [-0.3, -0.25) is 4.79 Å². The van der Waals surface area contributed by atoms with Gasteiger partial charge in [0.05, 0.1) is 13.1 Å². The second kappa shape index (κ2) is 7.17. The SMILES string of the molecule is C=N/C(NC1(C)CC1)=C(\C)C(C(=O)N1CC(O)(c2ccc(F)cc2)C1)=C(C)C. The van der Waals surface area contributed by atoms with Gasteiger partial charge in [-0.05, 0) is 65.0 Å². The fraction of sp³-hybridized carbons (Fsp3) is 0.455. The minimum atomic E-state index is -1.15. The molecule has 0 radical (unpaired) electrons. The Morgan fingerprint density at radius 1 is 1.21 bits per heavy atom. The van der Waals surface area contributed by atoms with Crippen molar-refractivity contribution in [1.82, 2.24) is 10.2 Å². The maximum atomic E-state index is 13.2. The Kier molecular flexibility index (Phi) is 5.19. The average molecular weight is 385 g/mol. The molecular formula is C22H28FN3O2. The van der Waals surface area contributed by atoms with Gasteiger partial charge in [-0.25, -0.2) is 9.38 Å². The Labute approximate surface area is 165 Å². The van der Waals surface area contributed by atoms with E-state index in [9.17, 15) is 14.3 Å². The lowest BCUT2D eigenvalue weighted by Crippen LogP contribution is -2.61. The van der Waals surface area contributed by atoms with Crippen LogP contribution in [0.3, 0.4) is 0 Å². The topological polar surface area (TPSA) is 64.9 Å². The number of nitrogens with zero attached hydrogens (tertiary/aromatic N) is 2. The van der Waals surface area contributed by atoms with Gasteiger partial charge in [0, 0.05) is 16.7 Å². The molecule has 2 fully saturated rings. The number of nitrogens with one attached hydrogen (secondary N) is 1. The van der Waals surface area contributed by atoms with E-state index >= 15 is 0 Å². The highest BCUT2D eigenvalue weighted by atomic mass is 19.1. The lowest BCUT2D eigenvalue weighted by Gasteiger charge is -2.47. The fourth-order valence-corrected chi connectivity index (χ4v) is 3.55. The number of likely N-dealkylation sites (tertiary alicyclic amines) is 1. The second-order valence-corrected chi connectivity index (χ2v) is 8.39. The number of carbonyl (C=O) groups excluding carboxylic acids is 1. The van der Waals surface area contributed by atoms with Gasteiger partial charge in [0.1, 0.15) is 17.2 Å². The number of rotatable bonds is 6. The first-order valence-corrected chi connectivity index (χ1v) is 9.50. The minimum absolute atomic E-state index is 0.0210. The minimum Gasteiger partial charge on any atom is -0.381 e. The predicted molar refractivity (Wildman–Crippen MR) is 108 cm³/mol. The fourth-order valence-electron chi connectivity index (χ4n) is 3.55. The number of hydrogen-bond acceptors (Lipinski definition) is 4. The van der Waals surface area contributed by atoms with Gasteiger partial charge in [0.2, 0.25) is 0 Å². The molecule has 1 amide bonds. The van der Waals surface area contributed by atoms with E-state index in [0.29, 0.717) is 17.0 Å². The Hall–Kier alpha value is -2.47. The van der Waals surface area contributed by atoms with Crippen LogP contribution in [0.25, 0.3) is 0 Å². The summed E-state index contributed by atoms with van der Waals surface area (Å²) in [6.45, 7) is 11.8. The van der Waals surface area contributed by atoms with Crippen molar-refractivity contribution in [1.29, 1.82) is 0 Å². The third kappa shape index (κ3) is 3.87. The molecule has 0 aromatic heterocycles. The van der Waals surface area contributed by atoms with Crippen LogP contribution in [0.2, 0.25) is 0 Å². The second-order valence-electron chi connectivity index (χ2n) is 8.39. The highest BCUT2D eigenvalue weighted by Gasteiger charge is 2.46. The number of aliphatic imine (C=N–C) groups is 1. The first kappa shape index (κ1) is 20.3. The van der Waals surface area contributed by atoms with Crippen molar-refractivity contribution < 1.29 is 14.3 Å². The number of aliphatic hydroxyl groups is 1. The van der Waals surface area contributed by atoms with Crippen LogP contribution in [0.15, 0.2) is 51.8 Å². The zero-order chi connectivity index (χ0) is 20.7. The Bertz CT molecular complexity index is 856. The Balaban J connectivity index is 1.79. The number of carbonyl (C=O) groups is 1. The quantitative estimate of drug-likeness (QED) is 0.449. The molecule has 0 atom stereocenters. The molecule has 1 heterocycles. The van der Waals surface area contributed by atoms with Crippen LogP contribution in [-0.4, -0.2) is 41.3 Å². The molecule has 5 nitrogen and oxygen atoms in total. The van der Waals surface area contributed by atoms with Crippen LogP contribution < -0.4 is 5.32 Å². The molecule has 1 aromatic rings. The standard InChI is InChI=1S/C22H28FN3O2/c1-14(2)18(15(3)19(24-5)25-21(4)10-11-21)20(27)26-12-22(28,13-26)16-6-8-17(23)9-7-16/h6-9,25,28H,5,10-13H2,1-4H3/b19-15-. The summed E-state index contributed by atoms with van der Waals surface area (Å²) < 4.78 is 13.1. The summed E-state index contributed by atoms with van der Waals surface area (Å²) in [5, 5.41) is 14.2. The first-order chi connectivity index (χ1) is 13.1. The lowest BCUT2D eigenvalue weighted by atomic mass is 9.85. The normalized spacial score (nSPS) is 19.9. The number of hydrogen-bond donors (Lipinski definition) is 2. The molecule has 1 aromatic carbocycles. The van der Waals surface area contributed by atoms with Gasteiger partial charge in [-0.15, -0.1) is 0 Å². The van der Waals surface area contributed by atoms with E-state index < -0.39 is 5.60 Å².